The van der Waals surface area contributed by atoms with Crippen molar-refractivity contribution in [2.75, 3.05) is 27.4 Å². The van der Waals surface area contributed by atoms with Gasteiger partial charge in [0.1, 0.15) is 5.65 Å². The Morgan fingerprint density at radius 2 is 1.89 bits per heavy atom. The Bertz CT molecular complexity index is 1510. The number of hydrogen-bond acceptors (Lipinski definition) is 6. The van der Waals surface area contributed by atoms with Crippen molar-refractivity contribution in [1.29, 1.82) is 0 Å². The minimum Gasteiger partial charge on any atom is -0.493 e. The van der Waals surface area contributed by atoms with Gasteiger partial charge in [-0.1, -0.05) is 17.7 Å². The number of nitrogens with zero attached hydrogens (tertiary/aromatic N) is 4. The lowest BCUT2D eigenvalue weighted by Crippen LogP contribution is -2.43. The van der Waals surface area contributed by atoms with Crippen LogP contribution in [0.1, 0.15) is 28.6 Å². The predicted octanol–water partition coefficient (Wildman–Crippen LogP) is 4.97. The van der Waals surface area contributed by atoms with E-state index < -0.39 is 17.8 Å². The highest BCUT2D eigenvalue weighted by atomic mass is 35.5. The number of pyridine rings is 2. The lowest BCUT2D eigenvalue weighted by Gasteiger charge is -2.36. The van der Waals surface area contributed by atoms with E-state index in [1.807, 2.05) is 0 Å². The van der Waals surface area contributed by atoms with E-state index in [4.69, 9.17) is 25.8 Å². The topological polar surface area (TPSA) is 78.2 Å². The molecule has 4 heterocycles. The Kier molecular flexibility index (Phi) is 6.78. The van der Waals surface area contributed by atoms with E-state index in [0.717, 1.165) is 12.1 Å². The molecule has 12 heteroatoms. The fourth-order valence-corrected chi connectivity index (χ4v) is 4.77. The number of methoxy groups -OCH3 is 2. The molecule has 1 aliphatic heterocycles. The van der Waals surface area contributed by atoms with Gasteiger partial charge >= 0.3 is 6.18 Å². The molecule has 5 rings (SSSR count). The number of halogens is 4. The SMILES string of the molecule is COc1ccc(C2c3c(nc4cc(C(F)(F)F)ccn34)CCN2C(=O)COc2cccnc2Cl)cc1OC. The summed E-state index contributed by atoms with van der Waals surface area (Å²) >= 11 is 6.06. The van der Waals surface area contributed by atoms with Crippen LogP contribution in [0.2, 0.25) is 5.15 Å². The van der Waals surface area contributed by atoms with E-state index >= 15 is 0 Å². The smallest absolute Gasteiger partial charge is 0.416 e. The number of ether oxygens (including phenoxy) is 3. The Morgan fingerprint density at radius 3 is 2.61 bits per heavy atom. The number of benzene rings is 1. The summed E-state index contributed by atoms with van der Waals surface area (Å²) in [4.78, 5) is 23.5. The zero-order valence-corrected chi connectivity index (χ0v) is 21.1. The van der Waals surface area contributed by atoms with Gasteiger partial charge in [0.15, 0.2) is 29.0 Å². The molecule has 8 nitrogen and oxygen atoms in total. The van der Waals surface area contributed by atoms with Gasteiger partial charge in [0.25, 0.3) is 5.91 Å². The van der Waals surface area contributed by atoms with Crippen LogP contribution in [-0.4, -0.2) is 52.5 Å². The van der Waals surface area contributed by atoms with Crippen molar-refractivity contribution in [2.24, 2.45) is 0 Å². The Balaban J connectivity index is 1.59. The normalized spacial score (nSPS) is 15.3. The second-order valence-corrected chi connectivity index (χ2v) is 8.88. The number of carbonyl (C=O) groups excluding carboxylic acids is 1. The summed E-state index contributed by atoms with van der Waals surface area (Å²) < 4.78 is 58.2. The van der Waals surface area contributed by atoms with Crippen LogP contribution in [0.15, 0.2) is 54.9 Å². The lowest BCUT2D eigenvalue weighted by atomic mass is 9.95. The second kappa shape index (κ2) is 10.1. The monoisotopic (exact) mass is 546 g/mol. The number of imidazole rings is 1. The fourth-order valence-electron chi connectivity index (χ4n) is 4.60. The third-order valence-corrected chi connectivity index (χ3v) is 6.63. The first-order valence-electron chi connectivity index (χ1n) is 11.5. The zero-order chi connectivity index (χ0) is 27.0. The molecule has 1 unspecified atom stereocenters. The molecule has 3 aromatic heterocycles. The van der Waals surface area contributed by atoms with Crippen LogP contribution >= 0.6 is 11.6 Å². The molecule has 1 atom stereocenters. The average molecular weight is 547 g/mol. The molecular weight excluding hydrogens is 525 g/mol. The second-order valence-electron chi connectivity index (χ2n) is 8.52. The molecule has 0 N–H and O–H groups in total. The van der Waals surface area contributed by atoms with Crippen LogP contribution in [0, 0.1) is 0 Å². The number of aromatic nitrogens is 3. The van der Waals surface area contributed by atoms with Gasteiger partial charge in [-0.15, -0.1) is 0 Å². The molecule has 1 amide bonds. The first-order valence-corrected chi connectivity index (χ1v) is 11.9. The zero-order valence-electron chi connectivity index (χ0n) is 20.3. The minimum atomic E-state index is -4.51. The summed E-state index contributed by atoms with van der Waals surface area (Å²) in [5, 5.41) is 0.125. The van der Waals surface area contributed by atoms with Crippen LogP contribution in [0.3, 0.4) is 0 Å². The largest absolute Gasteiger partial charge is 0.493 e. The highest BCUT2D eigenvalue weighted by molar-refractivity contribution is 6.30. The molecular formula is C26H22ClF3N4O4. The van der Waals surface area contributed by atoms with Crippen LogP contribution < -0.4 is 14.2 Å². The van der Waals surface area contributed by atoms with E-state index in [2.05, 4.69) is 9.97 Å². The Hall–Kier alpha value is -3.99. The van der Waals surface area contributed by atoms with Crippen molar-refractivity contribution in [1.82, 2.24) is 19.3 Å². The first-order chi connectivity index (χ1) is 18.2. The van der Waals surface area contributed by atoms with Gasteiger partial charge in [-0.2, -0.15) is 13.2 Å². The fraction of sp³-hybridized carbons (Fsp3) is 0.269. The number of amides is 1. The van der Waals surface area contributed by atoms with Crippen molar-refractivity contribution < 1.29 is 32.2 Å². The van der Waals surface area contributed by atoms with Gasteiger partial charge < -0.3 is 23.5 Å². The molecule has 4 aromatic rings. The van der Waals surface area contributed by atoms with Crippen molar-refractivity contribution in [3.05, 3.63) is 82.5 Å². The Morgan fingerprint density at radius 1 is 1.11 bits per heavy atom. The van der Waals surface area contributed by atoms with Gasteiger partial charge in [0.2, 0.25) is 0 Å². The van der Waals surface area contributed by atoms with Gasteiger partial charge in [0, 0.05) is 25.4 Å². The van der Waals surface area contributed by atoms with Crippen LogP contribution in [0.25, 0.3) is 5.65 Å². The van der Waals surface area contributed by atoms with Gasteiger partial charge in [-0.3, -0.25) is 4.79 Å². The minimum absolute atomic E-state index is 0.125. The van der Waals surface area contributed by atoms with Crippen molar-refractivity contribution >= 4 is 23.2 Å². The highest BCUT2D eigenvalue weighted by Gasteiger charge is 2.37. The standard InChI is InChI=1S/C26H22ClF3N4O4/c1-36-18-6-5-15(12-20(18)37-2)23-24-17(32-21-13-16(26(28,29)30)7-10-33(21)24)8-11-34(23)22(35)14-38-19-4-3-9-31-25(19)27/h3-7,9-10,12-13,23H,8,11,14H2,1-2H3. The third kappa shape index (κ3) is 4.69. The van der Waals surface area contributed by atoms with Crippen LogP contribution in [-0.2, 0) is 17.4 Å². The molecule has 38 heavy (non-hydrogen) atoms. The van der Waals surface area contributed by atoms with Crippen molar-refractivity contribution in [3.8, 4) is 17.2 Å². The van der Waals surface area contributed by atoms with E-state index in [1.165, 1.54) is 26.6 Å². The van der Waals surface area contributed by atoms with Crippen molar-refractivity contribution in [3.63, 3.8) is 0 Å². The summed E-state index contributed by atoms with van der Waals surface area (Å²) in [6, 6.07) is 9.78. The molecule has 1 aromatic carbocycles. The third-order valence-electron chi connectivity index (χ3n) is 6.35. The van der Waals surface area contributed by atoms with E-state index in [-0.39, 0.29) is 35.6 Å². The van der Waals surface area contributed by atoms with Crippen LogP contribution in [0.4, 0.5) is 13.2 Å². The summed E-state index contributed by atoms with van der Waals surface area (Å²) in [5.74, 6) is 0.846. The maximum atomic E-state index is 13.5. The average Bonchev–Trinajstić information content (AvgIpc) is 3.29. The number of fused-ring (bicyclic) bond motifs is 3. The summed E-state index contributed by atoms with van der Waals surface area (Å²) in [6.07, 6.45) is -1.33. The Labute approximate surface area is 220 Å². The van der Waals surface area contributed by atoms with E-state index in [9.17, 15) is 18.0 Å². The molecule has 0 radical (unpaired) electrons. The molecule has 1 aliphatic rings. The maximum absolute atomic E-state index is 13.5. The number of carbonyl (C=O) groups is 1. The summed E-state index contributed by atoms with van der Waals surface area (Å²) in [6.45, 7) is -0.0511. The van der Waals surface area contributed by atoms with E-state index in [1.54, 1.807) is 39.6 Å². The molecule has 0 saturated carbocycles. The van der Waals surface area contributed by atoms with Crippen molar-refractivity contribution in [2.45, 2.75) is 18.6 Å². The quantitative estimate of drug-likeness (QED) is 0.318. The summed E-state index contributed by atoms with van der Waals surface area (Å²) in [7, 11) is 3.00. The molecule has 0 saturated heterocycles. The number of rotatable bonds is 6. The molecule has 0 bridgehead atoms. The van der Waals surface area contributed by atoms with Crippen LogP contribution in [0.5, 0.6) is 17.2 Å². The van der Waals surface area contributed by atoms with Gasteiger partial charge in [0.05, 0.1) is 37.2 Å². The van der Waals surface area contributed by atoms with E-state index in [0.29, 0.717) is 34.9 Å². The molecule has 0 aliphatic carbocycles. The number of hydrogen-bond donors (Lipinski definition) is 0. The molecule has 198 valence electrons. The summed E-state index contributed by atoms with van der Waals surface area (Å²) in [5.41, 5.74) is 1.19. The maximum Gasteiger partial charge on any atom is 0.416 e. The molecule has 0 spiro atoms. The molecule has 0 fully saturated rings. The van der Waals surface area contributed by atoms with Gasteiger partial charge in [-0.25, -0.2) is 9.97 Å². The lowest BCUT2D eigenvalue weighted by molar-refractivity contribution is -0.137. The van der Waals surface area contributed by atoms with Gasteiger partial charge in [-0.05, 0) is 42.0 Å². The predicted molar refractivity (Wildman–Crippen MR) is 132 cm³/mol. The number of alkyl halides is 3. The highest BCUT2D eigenvalue weighted by Crippen LogP contribution is 2.40. The first kappa shape index (κ1) is 25.7.